The monoisotopic (exact) mass is 182 g/mol. The zero-order valence-electron chi connectivity index (χ0n) is 8.04. The van der Waals surface area contributed by atoms with Crippen molar-refractivity contribution in [3.8, 4) is 0 Å². The first-order valence-electron chi connectivity index (χ1n) is 5.30. The molecule has 3 nitrogen and oxygen atoms in total. The number of amides is 1. The van der Waals surface area contributed by atoms with Crippen molar-refractivity contribution in [3.05, 3.63) is 0 Å². The highest BCUT2D eigenvalue weighted by molar-refractivity contribution is 5.79. The third kappa shape index (κ3) is 1.70. The second-order valence-electron chi connectivity index (χ2n) is 4.33. The van der Waals surface area contributed by atoms with E-state index in [9.17, 15) is 4.79 Å². The van der Waals surface area contributed by atoms with Gasteiger partial charge < -0.3 is 10.6 Å². The van der Waals surface area contributed by atoms with Gasteiger partial charge in [0, 0.05) is 24.9 Å². The number of carbonyl (C=O) groups excluding carboxylic acids is 1. The Hall–Kier alpha value is -0.570. The molecule has 0 bridgehead atoms. The van der Waals surface area contributed by atoms with E-state index >= 15 is 0 Å². The van der Waals surface area contributed by atoms with Crippen LogP contribution in [0.3, 0.4) is 0 Å². The van der Waals surface area contributed by atoms with Gasteiger partial charge in [0.1, 0.15) is 0 Å². The van der Waals surface area contributed by atoms with Crippen molar-refractivity contribution in [3.63, 3.8) is 0 Å². The molecule has 0 aromatic rings. The van der Waals surface area contributed by atoms with Gasteiger partial charge in [0.2, 0.25) is 5.91 Å². The molecule has 1 amide bonds. The number of likely N-dealkylation sites (tertiary alicyclic amines) is 1. The van der Waals surface area contributed by atoms with Gasteiger partial charge in [-0.05, 0) is 19.4 Å². The Kier molecular flexibility index (Phi) is 2.54. The van der Waals surface area contributed by atoms with Crippen LogP contribution in [0.1, 0.15) is 25.7 Å². The van der Waals surface area contributed by atoms with Crippen LogP contribution in [0.2, 0.25) is 0 Å². The van der Waals surface area contributed by atoms with Gasteiger partial charge in [-0.25, -0.2) is 0 Å². The normalized spacial score (nSPS) is 24.8. The molecule has 74 valence electrons. The number of nitrogens with two attached hydrogens (primary N) is 1. The minimum Gasteiger partial charge on any atom is -0.342 e. The van der Waals surface area contributed by atoms with E-state index in [1.165, 1.54) is 12.8 Å². The molecular formula is C10H18N2O. The smallest absolute Gasteiger partial charge is 0.225 e. The quantitative estimate of drug-likeness (QED) is 0.679. The van der Waals surface area contributed by atoms with E-state index in [2.05, 4.69) is 0 Å². The molecule has 0 radical (unpaired) electrons. The largest absolute Gasteiger partial charge is 0.342 e. The summed E-state index contributed by atoms with van der Waals surface area (Å²) < 4.78 is 0. The Morgan fingerprint density at radius 3 is 2.46 bits per heavy atom. The maximum absolute atomic E-state index is 11.8. The first-order chi connectivity index (χ1) is 6.31. The van der Waals surface area contributed by atoms with Crippen molar-refractivity contribution in [2.75, 3.05) is 19.6 Å². The molecule has 2 rings (SSSR count). The van der Waals surface area contributed by atoms with Gasteiger partial charge in [0.15, 0.2) is 0 Å². The van der Waals surface area contributed by atoms with Crippen LogP contribution >= 0.6 is 0 Å². The molecule has 2 N–H and O–H groups in total. The topological polar surface area (TPSA) is 46.3 Å². The number of hydrogen-bond acceptors (Lipinski definition) is 2. The lowest BCUT2D eigenvalue weighted by atomic mass is 9.97. The predicted molar refractivity (Wildman–Crippen MR) is 51.1 cm³/mol. The first-order valence-corrected chi connectivity index (χ1v) is 5.30. The molecule has 1 aliphatic carbocycles. The van der Waals surface area contributed by atoms with E-state index in [0.29, 0.717) is 17.7 Å². The summed E-state index contributed by atoms with van der Waals surface area (Å²) in [6.45, 7) is 2.55. The minimum absolute atomic E-state index is 0.346. The Morgan fingerprint density at radius 1 is 1.31 bits per heavy atom. The molecule has 1 saturated carbocycles. The highest BCUT2D eigenvalue weighted by Crippen LogP contribution is 2.28. The van der Waals surface area contributed by atoms with E-state index in [1.807, 2.05) is 4.90 Å². The zero-order chi connectivity index (χ0) is 9.26. The Morgan fingerprint density at radius 2 is 1.92 bits per heavy atom. The van der Waals surface area contributed by atoms with Gasteiger partial charge in [0.25, 0.3) is 0 Å². The highest BCUT2D eigenvalue weighted by atomic mass is 16.2. The number of carbonyl (C=O) groups is 1. The van der Waals surface area contributed by atoms with E-state index in [4.69, 9.17) is 5.73 Å². The van der Waals surface area contributed by atoms with Crippen LogP contribution in [0.4, 0.5) is 0 Å². The standard InChI is InChI=1S/C10H18N2O/c11-5-8-6-12(7-8)10(13)9-3-1-2-4-9/h8-9H,1-7,11H2. The second-order valence-corrected chi connectivity index (χ2v) is 4.33. The van der Waals surface area contributed by atoms with Crippen molar-refractivity contribution in [1.82, 2.24) is 4.90 Å². The number of rotatable bonds is 2. The average Bonchev–Trinajstić information content (AvgIpc) is 2.53. The molecular weight excluding hydrogens is 164 g/mol. The summed E-state index contributed by atoms with van der Waals surface area (Å²) in [4.78, 5) is 13.8. The molecule has 0 unspecified atom stereocenters. The first kappa shape index (κ1) is 9.00. The molecule has 1 aliphatic heterocycles. The fourth-order valence-corrected chi connectivity index (χ4v) is 2.33. The van der Waals surface area contributed by atoms with Crippen LogP contribution in [0.25, 0.3) is 0 Å². The number of hydrogen-bond donors (Lipinski definition) is 1. The van der Waals surface area contributed by atoms with Gasteiger partial charge in [-0.2, -0.15) is 0 Å². The van der Waals surface area contributed by atoms with Gasteiger partial charge in [0.05, 0.1) is 0 Å². The molecule has 1 saturated heterocycles. The van der Waals surface area contributed by atoms with Gasteiger partial charge in [-0.1, -0.05) is 12.8 Å². The SMILES string of the molecule is NCC1CN(C(=O)C2CCCC2)C1. The predicted octanol–water partition coefficient (Wildman–Crippen LogP) is 0.594. The van der Waals surface area contributed by atoms with Crippen LogP contribution in [0.15, 0.2) is 0 Å². The van der Waals surface area contributed by atoms with Gasteiger partial charge in [-0.3, -0.25) is 4.79 Å². The summed E-state index contributed by atoms with van der Waals surface area (Å²) in [7, 11) is 0. The van der Waals surface area contributed by atoms with Crippen molar-refractivity contribution < 1.29 is 4.79 Å². The van der Waals surface area contributed by atoms with E-state index in [-0.39, 0.29) is 0 Å². The maximum atomic E-state index is 11.8. The molecule has 0 spiro atoms. The molecule has 2 aliphatic rings. The maximum Gasteiger partial charge on any atom is 0.225 e. The van der Waals surface area contributed by atoms with E-state index in [1.54, 1.807) is 0 Å². The highest BCUT2D eigenvalue weighted by Gasteiger charge is 2.34. The molecule has 0 aromatic heterocycles. The third-order valence-corrected chi connectivity index (χ3v) is 3.31. The second kappa shape index (κ2) is 3.66. The number of nitrogens with zero attached hydrogens (tertiary/aromatic N) is 1. The fourth-order valence-electron chi connectivity index (χ4n) is 2.33. The van der Waals surface area contributed by atoms with Crippen LogP contribution in [-0.2, 0) is 4.79 Å². The third-order valence-electron chi connectivity index (χ3n) is 3.31. The Balaban J connectivity index is 1.78. The Bertz CT molecular complexity index is 193. The van der Waals surface area contributed by atoms with Crippen LogP contribution < -0.4 is 5.73 Å². The zero-order valence-corrected chi connectivity index (χ0v) is 8.04. The summed E-state index contributed by atoms with van der Waals surface area (Å²) >= 11 is 0. The van der Waals surface area contributed by atoms with Crippen LogP contribution in [0, 0.1) is 11.8 Å². The van der Waals surface area contributed by atoms with E-state index < -0.39 is 0 Å². The molecule has 2 fully saturated rings. The lowest BCUT2D eigenvalue weighted by Crippen LogP contribution is -2.54. The minimum atomic E-state index is 0.346. The Labute approximate surface area is 79.3 Å². The van der Waals surface area contributed by atoms with Crippen molar-refractivity contribution in [2.24, 2.45) is 17.6 Å². The van der Waals surface area contributed by atoms with Gasteiger partial charge in [-0.15, -0.1) is 0 Å². The molecule has 0 aromatic carbocycles. The van der Waals surface area contributed by atoms with Crippen molar-refractivity contribution >= 4 is 5.91 Å². The van der Waals surface area contributed by atoms with Crippen molar-refractivity contribution in [2.45, 2.75) is 25.7 Å². The summed E-state index contributed by atoms with van der Waals surface area (Å²) in [6, 6.07) is 0. The lowest BCUT2D eigenvalue weighted by molar-refractivity contribution is -0.141. The summed E-state index contributed by atoms with van der Waals surface area (Å²) in [5.41, 5.74) is 5.51. The van der Waals surface area contributed by atoms with E-state index in [0.717, 1.165) is 32.5 Å². The molecule has 3 heteroatoms. The summed E-state index contributed by atoms with van der Waals surface area (Å²) in [6.07, 6.45) is 4.71. The molecule has 0 atom stereocenters. The summed E-state index contributed by atoms with van der Waals surface area (Å²) in [5.74, 6) is 1.31. The average molecular weight is 182 g/mol. The van der Waals surface area contributed by atoms with Gasteiger partial charge >= 0.3 is 0 Å². The lowest BCUT2D eigenvalue weighted by Gasteiger charge is -2.40. The summed E-state index contributed by atoms with van der Waals surface area (Å²) in [5, 5.41) is 0. The van der Waals surface area contributed by atoms with Crippen LogP contribution in [-0.4, -0.2) is 30.4 Å². The van der Waals surface area contributed by atoms with Crippen LogP contribution in [0.5, 0.6) is 0 Å². The van der Waals surface area contributed by atoms with Crippen molar-refractivity contribution in [1.29, 1.82) is 0 Å². The fraction of sp³-hybridized carbons (Fsp3) is 0.900. The molecule has 1 heterocycles. The molecule has 13 heavy (non-hydrogen) atoms.